The van der Waals surface area contributed by atoms with E-state index in [0.29, 0.717) is 44.1 Å². The van der Waals surface area contributed by atoms with Gasteiger partial charge >= 0.3 is 5.97 Å². The fourth-order valence-corrected chi connectivity index (χ4v) is 4.27. The van der Waals surface area contributed by atoms with Gasteiger partial charge in [0.25, 0.3) is 0 Å². The van der Waals surface area contributed by atoms with Crippen molar-refractivity contribution in [3.05, 3.63) is 124 Å². The maximum Gasteiger partial charge on any atom is 0.340 e. The van der Waals surface area contributed by atoms with Crippen LogP contribution in [0.4, 0.5) is 4.39 Å². The molecule has 0 aliphatic heterocycles. The Balaban J connectivity index is 0.000000142. The molecular formula is C31H20Cl2FN3O4. The molecule has 0 aliphatic rings. The molecule has 0 N–H and O–H groups in total. The van der Waals surface area contributed by atoms with Crippen molar-refractivity contribution in [2.45, 2.75) is 0 Å². The minimum atomic E-state index is -0.407. The predicted octanol–water partition coefficient (Wildman–Crippen LogP) is 7.56. The number of aromatic nitrogens is 3. The molecule has 41 heavy (non-hydrogen) atoms. The third-order valence-electron chi connectivity index (χ3n) is 5.89. The SMILES string of the molecule is COC(=O)c1cnc(Cl)c2ccccc12.O=Cc1ccc(F)c2cnccc12.O=Cc1ccc2nc(Cl)ccc2c1. The summed E-state index contributed by atoms with van der Waals surface area (Å²) in [5.41, 5.74) is 2.37. The van der Waals surface area contributed by atoms with Crippen molar-refractivity contribution in [2.75, 3.05) is 7.11 Å². The number of rotatable bonds is 3. The molecule has 0 aliphatic carbocycles. The highest BCUT2D eigenvalue weighted by atomic mass is 35.5. The van der Waals surface area contributed by atoms with E-state index in [4.69, 9.17) is 23.2 Å². The molecular weight excluding hydrogens is 568 g/mol. The van der Waals surface area contributed by atoms with Gasteiger partial charge in [-0.15, -0.1) is 0 Å². The molecule has 0 saturated carbocycles. The van der Waals surface area contributed by atoms with Gasteiger partial charge in [-0.05, 0) is 53.9 Å². The minimum absolute atomic E-state index is 0.353. The Bertz CT molecular complexity index is 1900. The monoisotopic (exact) mass is 587 g/mol. The number of aldehydes is 2. The Morgan fingerprint density at radius 3 is 2.37 bits per heavy atom. The van der Waals surface area contributed by atoms with E-state index in [1.807, 2.05) is 30.3 Å². The van der Waals surface area contributed by atoms with Gasteiger partial charge in [0.05, 0.1) is 18.2 Å². The maximum absolute atomic E-state index is 13.1. The number of ether oxygens (including phenoxy) is 1. The van der Waals surface area contributed by atoms with Gasteiger partial charge in [-0.25, -0.2) is 19.2 Å². The molecule has 204 valence electrons. The van der Waals surface area contributed by atoms with E-state index in [1.165, 1.54) is 37.8 Å². The molecule has 3 aromatic carbocycles. The van der Waals surface area contributed by atoms with Gasteiger partial charge < -0.3 is 4.74 Å². The van der Waals surface area contributed by atoms with E-state index in [1.54, 1.807) is 30.3 Å². The molecule has 0 spiro atoms. The van der Waals surface area contributed by atoms with E-state index in [2.05, 4.69) is 19.7 Å². The second kappa shape index (κ2) is 13.5. The summed E-state index contributed by atoms with van der Waals surface area (Å²) in [7, 11) is 1.34. The van der Waals surface area contributed by atoms with Crippen LogP contribution in [0.3, 0.4) is 0 Å². The first kappa shape index (κ1) is 29.2. The predicted molar refractivity (Wildman–Crippen MR) is 157 cm³/mol. The molecule has 0 unspecified atom stereocenters. The van der Waals surface area contributed by atoms with Gasteiger partial charge in [-0.2, -0.15) is 0 Å². The minimum Gasteiger partial charge on any atom is -0.465 e. The molecule has 3 aromatic heterocycles. The number of methoxy groups -OCH3 is 1. The number of hydrogen-bond donors (Lipinski definition) is 0. The van der Waals surface area contributed by atoms with Gasteiger partial charge in [0, 0.05) is 51.3 Å². The van der Waals surface area contributed by atoms with E-state index in [-0.39, 0.29) is 5.82 Å². The summed E-state index contributed by atoms with van der Waals surface area (Å²) >= 11 is 11.6. The fraction of sp³-hybridized carbons (Fsp3) is 0.0323. The zero-order valence-corrected chi connectivity index (χ0v) is 22.9. The van der Waals surface area contributed by atoms with Crippen LogP contribution in [0.1, 0.15) is 31.1 Å². The molecule has 0 amide bonds. The molecule has 0 atom stereocenters. The fourth-order valence-electron chi connectivity index (χ4n) is 3.91. The largest absolute Gasteiger partial charge is 0.465 e. The number of nitrogens with zero attached hydrogens (tertiary/aromatic N) is 3. The number of hydrogen-bond acceptors (Lipinski definition) is 7. The lowest BCUT2D eigenvalue weighted by atomic mass is 10.1. The Kier molecular flexibility index (Phi) is 9.63. The first-order valence-corrected chi connectivity index (χ1v) is 12.7. The van der Waals surface area contributed by atoms with Crippen LogP contribution in [-0.2, 0) is 4.74 Å². The third kappa shape index (κ3) is 6.87. The second-order valence-corrected chi connectivity index (χ2v) is 9.12. The van der Waals surface area contributed by atoms with E-state index >= 15 is 0 Å². The van der Waals surface area contributed by atoms with Gasteiger partial charge in [-0.3, -0.25) is 14.6 Å². The molecule has 6 rings (SSSR count). The Morgan fingerprint density at radius 2 is 1.63 bits per heavy atom. The summed E-state index contributed by atoms with van der Waals surface area (Å²) in [4.78, 5) is 44.3. The summed E-state index contributed by atoms with van der Waals surface area (Å²) in [6.45, 7) is 0. The van der Waals surface area contributed by atoms with Crippen molar-refractivity contribution in [2.24, 2.45) is 0 Å². The van der Waals surface area contributed by atoms with Crippen LogP contribution in [-0.4, -0.2) is 40.6 Å². The Morgan fingerprint density at radius 1 is 0.854 bits per heavy atom. The lowest BCUT2D eigenvalue weighted by Crippen LogP contribution is -2.02. The zero-order chi connectivity index (χ0) is 29.4. The molecule has 6 aromatic rings. The van der Waals surface area contributed by atoms with Crippen LogP contribution < -0.4 is 0 Å². The highest BCUT2D eigenvalue weighted by Crippen LogP contribution is 2.24. The van der Waals surface area contributed by atoms with Crippen molar-refractivity contribution in [3.8, 4) is 0 Å². The molecule has 7 nitrogen and oxygen atoms in total. The van der Waals surface area contributed by atoms with E-state index in [0.717, 1.165) is 28.0 Å². The standard InChI is InChI=1S/C11H8ClNO2.C10H6ClNO.C10H6FNO/c1-15-11(14)9-6-13-10(12)8-5-3-2-4-7(8)9;11-10-4-2-8-5-7(6-13)1-3-9(8)12-10;11-10-2-1-7(6-13)8-3-4-12-5-9(8)10/h2-6H,1H3;2*1-6H. The van der Waals surface area contributed by atoms with Crippen LogP contribution in [0, 0.1) is 5.82 Å². The molecule has 0 bridgehead atoms. The number of esters is 1. The van der Waals surface area contributed by atoms with Crippen molar-refractivity contribution in [3.63, 3.8) is 0 Å². The number of fused-ring (bicyclic) bond motifs is 3. The number of carbonyl (C=O) groups is 3. The number of benzene rings is 3. The normalized spacial score (nSPS) is 10.2. The smallest absolute Gasteiger partial charge is 0.340 e. The first-order valence-electron chi connectivity index (χ1n) is 12.0. The van der Waals surface area contributed by atoms with Crippen LogP contribution >= 0.6 is 23.2 Å². The summed E-state index contributed by atoms with van der Waals surface area (Å²) in [6, 6.07) is 20.5. The van der Waals surface area contributed by atoms with Gasteiger partial charge in [0.1, 0.15) is 22.4 Å². The van der Waals surface area contributed by atoms with E-state index < -0.39 is 5.97 Å². The first-order chi connectivity index (χ1) is 19.9. The van der Waals surface area contributed by atoms with Crippen molar-refractivity contribution < 1.29 is 23.5 Å². The van der Waals surface area contributed by atoms with Crippen molar-refractivity contribution in [1.29, 1.82) is 0 Å². The van der Waals surface area contributed by atoms with Crippen LogP contribution in [0.15, 0.2) is 91.4 Å². The van der Waals surface area contributed by atoms with Gasteiger partial charge in [0.2, 0.25) is 0 Å². The molecule has 0 saturated heterocycles. The molecule has 10 heteroatoms. The summed E-state index contributed by atoms with van der Waals surface area (Å²) in [5.74, 6) is -0.760. The molecule has 0 fully saturated rings. The lowest BCUT2D eigenvalue weighted by molar-refractivity contribution is 0.0602. The maximum atomic E-state index is 13.1. The van der Waals surface area contributed by atoms with Gasteiger partial charge in [-0.1, -0.05) is 47.5 Å². The Hall–Kier alpha value is -4.79. The topological polar surface area (TPSA) is 99.1 Å². The average molecular weight is 588 g/mol. The third-order valence-corrected chi connectivity index (χ3v) is 6.40. The van der Waals surface area contributed by atoms with Gasteiger partial charge in [0.15, 0.2) is 6.29 Å². The highest BCUT2D eigenvalue weighted by molar-refractivity contribution is 6.34. The van der Waals surface area contributed by atoms with Crippen LogP contribution in [0.2, 0.25) is 10.3 Å². The molecule has 0 radical (unpaired) electrons. The number of carbonyl (C=O) groups excluding carboxylic acids is 3. The average Bonchev–Trinajstić information content (AvgIpc) is 3.02. The van der Waals surface area contributed by atoms with E-state index in [9.17, 15) is 18.8 Å². The number of halogens is 3. The highest BCUT2D eigenvalue weighted by Gasteiger charge is 2.12. The van der Waals surface area contributed by atoms with Crippen LogP contribution in [0.5, 0.6) is 0 Å². The second-order valence-electron chi connectivity index (χ2n) is 8.38. The van der Waals surface area contributed by atoms with Crippen molar-refractivity contribution in [1.82, 2.24) is 15.0 Å². The molecule has 3 heterocycles. The zero-order valence-electron chi connectivity index (χ0n) is 21.4. The number of pyridine rings is 3. The quantitative estimate of drug-likeness (QED) is 0.120. The van der Waals surface area contributed by atoms with Crippen molar-refractivity contribution >= 4 is 74.2 Å². The summed E-state index contributed by atoms with van der Waals surface area (Å²) < 4.78 is 17.8. The summed E-state index contributed by atoms with van der Waals surface area (Å²) in [6.07, 6.45) is 5.90. The lowest BCUT2D eigenvalue weighted by Gasteiger charge is -2.04. The Labute approximate surface area is 243 Å². The van der Waals surface area contributed by atoms with Crippen LogP contribution in [0.25, 0.3) is 32.4 Å². The summed E-state index contributed by atoms with van der Waals surface area (Å²) in [5, 5.41) is 4.27.